The van der Waals surface area contributed by atoms with Crippen molar-refractivity contribution in [1.82, 2.24) is 19.5 Å². The molecule has 0 saturated heterocycles. The van der Waals surface area contributed by atoms with Crippen LogP contribution in [0.5, 0.6) is 0 Å². The van der Waals surface area contributed by atoms with Gasteiger partial charge in [-0.05, 0) is 31.6 Å². The van der Waals surface area contributed by atoms with Crippen molar-refractivity contribution in [3.8, 4) is 0 Å². The first kappa shape index (κ1) is 14.4. The summed E-state index contributed by atoms with van der Waals surface area (Å²) in [6, 6.07) is 0.256. The molecule has 0 aliphatic heterocycles. The number of hydrogen-bond donors (Lipinski definition) is 3. The average Bonchev–Trinajstić information content (AvgIpc) is 3.02. The summed E-state index contributed by atoms with van der Waals surface area (Å²) in [4.78, 5) is 30.4. The molecule has 3 rings (SSSR count). The second-order valence-corrected chi connectivity index (χ2v) is 7.37. The molecule has 8 nitrogen and oxygen atoms in total. The van der Waals surface area contributed by atoms with Crippen LogP contribution in [0.15, 0.2) is 12.7 Å². The number of rotatable bonds is 4. The standard InChI is InChI=1S/C12H18N5O3P/c13-11-10-12(15-6-14-11)17(7-16-10)9-2-1-8(5-9)3-4-21(18,19)20/h6-9H,1-5H2,(H2,13,14,15)(H2,18,19,20)/t8-,9-/m0/s1. The molecule has 0 bridgehead atoms. The number of anilines is 1. The van der Waals surface area contributed by atoms with Crippen LogP contribution in [0.2, 0.25) is 0 Å². The fourth-order valence-corrected chi connectivity index (χ4v) is 3.75. The number of fused-ring (bicyclic) bond motifs is 1. The Hall–Kier alpha value is -1.50. The van der Waals surface area contributed by atoms with Gasteiger partial charge in [-0.25, -0.2) is 15.0 Å². The first-order valence-corrected chi connectivity index (χ1v) is 8.71. The van der Waals surface area contributed by atoms with E-state index < -0.39 is 7.60 Å². The van der Waals surface area contributed by atoms with E-state index in [1.165, 1.54) is 6.33 Å². The van der Waals surface area contributed by atoms with Gasteiger partial charge in [0.15, 0.2) is 11.5 Å². The highest BCUT2D eigenvalue weighted by atomic mass is 31.2. The Morgan fingerprint density at radius 3 is 2.90 bits per heavy atom. The van der Waals surface area contributed by atoms with E-state index in [4.69, 9.17) is 15.5 Å². The zero-order valence-electron chi connectivity index (χ0n) is 11.5. The van der Waals surface area contributed by atoms with Gasteiger partial charge < -0.3 is 20.1 Å². The number of nitrogen functional groups attached to an aromatic ring is 1. The Morgan fingerprint density at radius 2 is 2.14 bits per heavy atom. The van der Waals surface area contributed by atoms with Gasteiger partial charge in [0, 0.05) is 6.04 Å². The van der Waals surface area contributed by atoms with E-state index in [0.717, 1.165) is 24.9 Å². The van der Waals surface area contributed by atoms with Crippen LogP contribution >= 0.6 is 7.60 Å². The molecule has 1 saturated carbocycles. The van der Waals surface area contributed by atoms with E-state index >= 15 is 0 Å². The fraction of sp³-hybridized carbons (Fsp3) is 0.583. The van der Waals surface area contributed by atoms with Gasteiger partial charge in [-0.1, -0.05) is 0 Å². The maximum absolute atomic E-state index is 11.0. The fourth-order valence-electron chi connectivity index (χ4n) is 3.05. The lowest BCUT2D eigenvalue weighted by atomic mass is 10.1. The van der Waals surface area contributed by atoms with Crippen molar-refractivity contribution in [2.75, 3.05) is 11.9 Å². The van der Waals surface area contributed by atoms with Gasteiger partial charge in [-0.15, -0.1) is 0 Å². The minimum atomic E-state index is -3.90. The van der Waals surface area contributed by atoms with Crippen LogP contribution in [-0.2, 0) is 4.57 Å². The smallest absolute Gasteiger partial charge is 0.325 e. The topological polar surface area (TPSA) is 127 Å². The SMILES string of the molecule is Nc1ncnc2c1ncn2[C@H]1CC[C@@H](CCP(=O)(O)O)C1. The Morgan fingerprint density at radius 1 is 1.33 bits per heavy atom. The molecule has 0 aromatic carbocycles. The van der Waals surface area contributed by atoms with Crippen LogP contribution < -0.4 is 5.73 Å². The summed E-state index contributed by atoms with van der Waals surface area (Å²) in [5.41, 5.74) is 7.11. The molecule has 2 heterocycles. The molecule has 0 spiro atoms. The van der Waals surface area contributed by atoms with E-state index in [1.807, 2.05) is 4.57 Å². The lowest BCUT2D eigenvalue weighted by Crippen LogP contribution is -2.06. The summed E-state index contributed by atoms with van der Waals surface area (Å²) in [6.07, 6.45) is 6.48. The zero-order valence-corrected chi connectivity index (χ0v) is 12.4. The Kier molecular flexibility index (Phi) is 3.69. The zero-order chi connectivity index (χ0) is 15.0. The highest BCUT2D eigenvalue weighted by molar-refractivity contribution is 7.51. The number of nitrogens with two attached hydrogens (primary N) is 1. The van der Waals surface area contributed by atoms with Crippen LogP contribution in [0.4, 0.5) is 5.82 Å². The summed E-state index contributed by atoms with van der Waals surface area (Å²) in [6.45, 7) is 0. The van der Waals surface area contributed by atoms with Gasteiger partial charge >= 0.3 is 7.60 Å². The average molecular weight is 311 g/mol. The molecular formula is C12H18N5O3P. The van der Waals surface area contributed by atoms with E-state index in [9.17, 15) is 4.57 Å². The van der Waals surface area contributed by atoms with E-state index in [0.29, 0.717) is 23.7 Å². The molecule has 2 aromatic rings. The quantitative estimate of drug-likeness (QED) is 0.726. The summed E-state index contributed by atoms with van der Waals surface area (Å²) in [5, 5.41) is 0. The minimum absolute atomic E-state index is 0.0375. The Bertz CT molecular complexity index is 697. The lowest BCUT2D eigenvalue weighted by Gasteiger charge is -2.13. The number of imidazole rings is 1. The normalized spacial score (nSPS) is 23.0. The molecule has 2 atom stereocenters. The molecule has 9 heteroatoms. The van der Waals surface area contributed by atoms with Crippen molar-refractivity contribution < 1.29 is 14.4 Å². The van der Waals surface area contributed by atoms with Gasteiger partial charge in [0.25, 0.3) is 0 Å². The summed E-state index contributed by atoms with van der Waals surface area (Å²) < 4.78 is 13.0. The monoisotopic (exact) mass is 311 g/mol. The molecule has 2 aromatic heterocycles. The number of aromatic nitrogens is 4. The molecule has 4 N–H and O–H groups in total. The highest BCUT2D eigenvalue weighted by Gasteiger charge is 2.29. The summed E-state index contributed by atoms with van der Waals surface area (Å²) >= 11 is 0. The third kappa shape index (κ3) is 3.07. The van der Waals surface area contributed by atoms with Crippen molar-refractivity contribution in [2.45, 2.75) is 31.7 Å². The Labute approximate surface area is 121 Å². The second kappa shape index (κ2) is 5.36. The molecule has 0 amide bonds. The van der Waals surface area contributed by atoms with Crippen LogP contribution in [0.25, 0.3) is 11.2 Å². The number of hydrogen-bond acceptors (Lipinski definition) is 5. The van der Waals surface area contributed by atoms with Crippen molar-refractivity contribution in [3.05, 3.63) is 12.7 Å². The summed E-state index contributed by atoms with van der Waals surface area (Å²) in [5.74, 6) is 0.703. The van der Waals surface area contributed by atoms with Crippen molar-refractivity contribution in [2.24, 2.45) is 5.92 Å². The first-order chi connectivity index (χ1) is 9.94. The van der Waals surface area contributed by atoms with E-state index in [-0.39, 0.29) is 12.2 Å². The van der Waals surface area contributed by atoms with Crippen LogP contribution in [-0.4, -0.2) is 35.5 Å². The third-order valence-electron chi connectivity index (χ3n) is 4.12. The maximum Gasteiger partial charge on any atom is 0.325 e. The summed E-state index contributed by atoms with van der Waals surface area (Å²) in [7, 11) is -3.90. The van der Waals surface area contributed by atoms with Gasteiger partial charge in [-0.2, -0.15) is 0 Å². The lowest BCUT2D eigenvalue weighted by molar-refractivity contribution is 0.364. The van der Waals surface area contributed by atoms with Gasteiger partial charge in [-0.3, -0.25) is 4.57 Å². The predicted molar refractivity (Wildman–Crippen MR) is 77.6 cm³/mol. The van der Waals surface area contributed by atoms with E-state index in [2.05, 4.69) is 15.0 Å². The van der Waals surface area contributed by atoms with Crippen molar-refractivity contribution >= 4 is 24.6 Å². The number of nitrogens with zero attached hydrogens (tertiary/aromatic N) is 4. The van der Waals surface area contributed by atoms with Gasteiger partial charge in [0.1, 0.15) is 11.8 Å². The Balaban J connectivity index is 1.73. The molecule has 0 radical (unpaired) electrons. The predicted octanol–water partition coefficient (Wildman–Crippen LogP) is 1.32. The molecule has 114 valence electrons. The van der Waals surface area contributed by atoms with Crippen LogP contribution in [0, 0.1) is 5.92 Å². The molecule has 21 heavy (non-hydrogen) atoms. The third-order valence-corrected chi connectivity index (χ3v) is 4.96. The minimum Gasteiger partial charge on any atom is -0.382 e. The highest BCUT2D eigenvalue weighted by Crippen LogP contribution is 2.42. The molecular weight excluding hydrogens is 293 g/mol. The van der Waals surface area contributed by atoms with E-state index in [1.54, 1.807) is 6.33 Å². The second-order valence-electron chi connectivity index (χ2n) is 5.59. The molecule has 1 aliphatic carbocycles. The van der Waals surface area contributed by atoms with Crippen molar-refractivity contribution in [3.63, 3.8) is 0 Å². The molecule has 1 aliphatic rings. The first-order valence-electron chi connectivity index (χ1n) is 6.91. The van der Waals surface area contributed by atoms with Crippen LogP contribution in [0.1, 0.15) is 31.7 Å². The largest absolute Gasteiger partial charge is 0.382 e. The maximum atomic E-state index is 11.0. The molecule has 0 unspecified atom stereocenters. The van der Waals surface area contributed by atoms with Gasteiger partial charge in [0.05, 0.1) is 12.5 Å². The van der Waals surface area contributed by atoms with Gasteiger partial charge in [0.2, 0.25) is 0 Å². The van der Waals surface area contributed by atoms with Crippen LogP contribution in [0.3, 0.4) is 0 Å². The molecule has 1 fully saturated rings. The van der Waals surface area contributed by atoms with Crippen molar-refractivity contribution in [1.29, 1.82) is 0 Å².